The third kappa shape index (κ3) is 3.19. The summed E-state index contributed by atoms with van der Waals surface area (Å²) in [4.78, 5) is 16.0. The van der Waals surface area contributed by atoms with Gasteiger partial charge >= 0.3 is 0 Å². The largest absolute Gasteiger partial charge is 0.326 e. The van der Waals surface area contributed by atoms with Gasteiger partial charge in [0.1, 0.15) is 6.33 Å². The molecule has 0 aliphatic rings. The molecule has 5 heteroatoms. The molecule has 0 spiro atoms. The number of nitrogens with one attached hydrogen (secondary N) is 1. The van der Waals surface area contributed by atoms with E-state index in [1.807, 2.05) is 45.2 Å². The number of amides is 1. The number of benzene rings is 1. The second-order valence-electron chi connectivity index (χ2n) is 4.62. The number of aromatic nitrogens is 3. The third-order valence-corrected chi connectivity index (χ3v) is 3.05. The molecule has 2 rings (SSSR count). The van der Waals surface area contributed by atoms with Gasteiger partial charge in [0, 0.05) is 24.2 Å². The van der Waals surface area contributed by atoms with E-state index in [0.717, 1.165) is 17.7 Å². The maximum atomic E-state index is 11.8. The lowest BCUT2D eigenvalue weighted by Gasteiger charge is -2.10. The molecule has 100 valence electrons. The normalized spacial score (nSPS) is 12.2. The molecule has 1 heterocycles. The fourth-order valence-corrected chi connectivity index (χ4v) is 1.66. The van der Waals surface area contributed by atoms with E-state index in [4.69, 9.17) is 0 Å². The van der Waals surface area contributed by atoms with Crippen LogP contribution < -0.4 is 5.32 Å². The number of hydrogen-bond acceptors (Lipinski definition) is 3. The second kappa shape index (κ2) is 5.65. The molecule has 1 atom stereocenters. The highest BCUT2D eigenvalue weighted by Gasteiger charge is 2.11. The Hall–Kier alpha value is -2.17. The fourth-order valence-electron chi connectivity index (χ4n) is 1.66. The van der Waals surface area contributed by atoms with Crippen LogP contribution in [0, 0.1) is 5.92 Å². The van der Waals surface area contributed by atoms with Crippen molar-refractivity contribution >= 4 is 11.6 Å². The third-order valence-electron chi connectivity index (χ3n) is 3.05. The summed E-state index contributed by atoms with van der Waals surface area (Å²) in [6.45, 7) is 3.91. The number of carbonyl (C=O) groups is 1. The van der Waals surface area contributed by atoms with E-state index in [2.05, 4.69) is 15.4 Å². The van der Waals surface area contributed by atoms with E-state index in [9.17, 15) is 4.79 Å². The van der Waals surface area contributed by atoms with Crippen molar-refractivity contribution in [2.75, 3.05) is 5.32 Å². The standard InChI is InChI=1S/C14H18N4O/c1-4-10(2)14(19)16-12-7-5-6-11(8-12)13-15-9-18(3)17-13/h5-10H,4H2,1-3H3,(H,16,19)/t10-/m1/s1. The van der Waals surface area contributed by atoms with Gasteiger partial charge in [-0.15, -0.1) is 0 Å². The molecule has 0 radical (unpaired) electrons. The molecule has 0 aliphatic heterocycles. The summed E-state index contributed by atoms with van der Waals surface area (Å²) in [6.07, 6.45) is 2.48. The molecule has 19 heavy (non-hydrogen) atoms. The van der Waals surface area contributed by atoms with Crippen molar-refractivity contribution in [2.24, 2.45) is 13.0 Å². The summed E-state index contributed by atoms with van der Waals surface area (Å²) in [5.41, 5.74) is 1.66. The van der Waals surface area contributed by atoms with Crippen LogP contribution in [0.15, 0.2) is 30.6 Å². The summed E-state index contributed by atoms with van der Waals surface area (Å²) < 4.78 is 1.65. The fraction of sp³-hybridized carbons (Fsp3) is 0.357. The Bertz CT molecular complexity index is 576. The lowest BCUT2D eigenvalue weighted by atomic mass is 10.1. The molecule has 0 unspecified atom stereocenters. The molecule has 2 aromatic rings. The smallest absolute Gasteiger partial charge is 0.227 e. The topological polar surface area (TPSA) is 59.8 Å². The van der Waals surface area contributed by atoms with Gasteiger partial charge in [0.25, 0.3) is 0 Å². The van der Waals surface area contributed by atoms with E-state index in [-0.39, 0.29) is 11.8 Å². The van der Waals surface area contributed by atoms with Crippen LogP contribution in [0.1, 0.15) is 20.3 Å². The minimum Gasteiger partial charge on any atom is -0.326 e. The van der Waals surface area contributed by atoms with Crippen LogP contribution in [0.5, 0.6) is 0 Å². The molecule has 1 aromatic heterocycles. The molecular formula is C14H18N4O. The number of aryl methyl sites for hydroxylation is 1. The van der Waals surface area contributed by atoms with Gasteiger partial charge in [-0.3, -0.25) is 9.48 Å². The molecule has 5 nitrogen and oxygen atoms in total. The Morgan fingerprint density at radius 2 is 2.26 bits per heavy atom. The van der Waals surface area contributed by atoms with Gasteiger partial charge in [-0.25, -0.2) is 4.98 Å². The highest BCUT2D eigenvalue weighted by atomic mass is 16.1. The van der Waals surface area contributed by atoms with E-state index in [1.165, 1.54) is 0 Å². The van der Waals surface area contributed by atoms with Crippen LogP contribution in [-0.2, 0) is 11.8 Å². The van der Waals surface area contributed by atoms with Gasteiger partial charge in [0.2, 0.25) is 5.91 Å². The number of rotatable bonds is 4. The molecule has 1 amide bonds. The highest BCUT2D eigenvalue weighted by molar-refractivity contribution is 5.92. The molecule has 0 aliphatic carbocycles. The number of nitrogens with zero attached hydrogens (tertiary/aromatic N) is 3. The van der Waals surface area contributed by atoms with E-state index >= 15 is 0 Å². The predicted molar refractivity (Wildman–Crippen MR) is 74.5 cm³/mol. The Balaban J connectivity index is 2.18. The highest BCUT2D eigenvalue weighted by Crippen LogP contribution is 2.19. The van der Waals surface area contributed by atoms with Crippen LogP contribution in [0.4, 0.5) is 5.69 Å². The summed E-state index contributed by atoms with van der Waals surface area (Å²) in [5, 5.41) is 7.15. The molecule has 0 saturated heterocycles. The molecule has 0 saturated carbocycles. The first-order valence-electron chi connectivity index (χ1n) is 6.37. The van der Waals surface area contributed by atoms with Gasteiger partial charge in [-0.2, -0.15) is 5.10 Å². The number of anilines is 1. The maximum Gasteiger partial charge on any atom is 0.227 e. The van der Waals surface area contributed by atoms with Gasteiger partial charge in [0.05, 0.1) is 0 Å². The quantitative estimate of drug-likeness (QED) is 0.916. The Labute approximate surface area is 112 Å². The lowest BCUT2D eigenvalue weighted by molar-refractivity contribution is -0.119. The van der Waals surface area contributed by atoms with Crippen molar-refractivity contribution in [1.82, 2.24) is 14.8 Å². The lowest BCUT2D eigenvalue weighted by Crippen LogP contribution is -2.19. The average molecular weight is 258 g/mol. The van der Waals surface area contributed by atoms with Crippen molar-refractivity contribution in [3.8, 4) is 11.4 Å². The van der Waals surface area contributed by atoms with Crippen molar-refractivity contribution in [1.29, 1.82) is 0 Å². The molecule has 0 fully saturated rings. The Kier molecular flexibility index (Phi) is 3.94. The van der Waals surface area contributed by atoms with E-state index < -0.39 is 0 Å². The zero-order valence-corrected chi connectivity index (χ0v) is 11.4. The molecule has 1 N–H and O–H groups in total. The first-order valence-corrected chi connectivity index (χ1v) is 6.37. The number of carbonyl (C=O) groups excluding carboxylic acids is 1. The van der Waals surface area contributed by atoms with Gasteiger partial charge in [0.15, 0.2) is 5.82 Å². The Morgan fingerprint density at radius 1 is 1.47 bits per heavy atom. The summed E-state index contributed by atoms with van der Waals surface area (Å²) in [6, 6.07) is 7.56. The summed E-state index contributed by atoms with van der Waals surface area (Å²) in [7, 11) is 1.82. The van der Waals surface area contributed by atoms with Gasteiger partial charge in [-0.1, -0.05) is 26.0 Å². The molecule has 1 aromatic carbocycles. The SMILES string of the molecule is CC[C@@H](C)C(=O)Nc1cccc(-c2ncn(C)n2)c1. The van der Waals surface area contributed by atoms with Crippen LogP contribution in [0.25, 0.3) is 11.4 Å². The average Bonchev–Trinajstić information content (AvgIpc) is 2.84. The second-order valence-corrected chi connectivity index (χ2v) is 4.62. The summed E-state index contributed by atoms with van der Waals surface area (Å²) in [5.74, 6) is 0.701. The monoisotopic (exact) mass is 258 g/mol. The van der Waals surface area contributed by atoms with Crippen molar-refractivity contribution in [3.05, 3.63) is 30.6 Å². The zero-order valence-electron chi connectivity index (χ0n) is 11.4. The first-order chi connectivity index (χ1) is 9.10. The first kappa shape index (κ1) is 13.3. The van der Waals surface area contributed by atoms with Crippen molar-refractivity contribution in [3.63, 3.8) is 0 Å². The Morgan fingerprint density at radius 3 is 2.89 bits per heavy atom. The van der Waals surface area contributed by atoms with Gasteiger partial charge < -0.3 is 5.32 Å². The van der Waals surface area contributed by atoms with Crippen LogP contribution in [0.3, 0.4) is 0 Å². The number of hydrogen-bond donors (Lipinski definition) is 1. The molecular weight excluding hydrogens is 240 g/mol. The van der Waals surface area contributed by atoms with Crippen LogP contribution >= 0.6 is 0 Å². The summed E-state index contributed by atoms with van der Waals surface area (Å²) >= 11 is 0. The van der Waals surface area contributed by atoms with E-state index in [0.29, 0.717) is 5.82 Å². The van der Waals surface area contributed by atoms with Crippen molar-refractivity contribution < 1.29 is 4.79 Å². The van der Waals surface area contributed by atoms with E-state index in [1.54, 1.807) is 11.0 Å². The van der Waals surface area contributed by atoms with Crippen LogP contribution in [-0.4, -0.2) is 20.7 Å². The maximum absolute atomic E-state index is 11.8. The minimum absolute atomic E-state index is 0.0108. The van der Waals surface area contributed by atoms with Gasteiger partial charge in [-0.05, 0) is 18.6 Å². The predicted octanol–water partition coefficient (Wildman–Crippen LogP) is 2.47. The zero-order chi connectivity index (χ0) is 13.8. The van der Waals surface area contributed by atoms with Crippen LogP contribution in [0.2, 0.25) is 0 Å². The minimum atomic E-state index is 0.0108. The molecule has 0 bridgehead atoms. The van der Waals surface area contributed by atoms with Crippen molar-refractivity contribution in [2.45, 2.75) is 20.3 Å².